The van der Waals surface area contributed by atoms with E-state index in [1.165, 1.54) is 17.1 Å². The van der Waals surface area contributed by atoms with Gasteiger partial charge in [-0.1, -0.05) is 0 Å². The minimum atomic E-state index is -4.35. The Morgan fingerprint density at radius 3 is 2.52 bits per heavy atom. The first kappa shape index (κ1) is 17.0. The molecule has 1 saturated carbocycles. The Balaban J connectivity index is 1.77. The molecule has 0 radical (unpaired) electrons. The van der Waals surface area contributed by atoms with Crippen molar-refractivity contribution in [2.45, 2.75) is 44.3 Å². The zero-order chi connectivity index (χ0) is 15.5. The van der Waals surface area contributed by atoms with Crippen LogP contribution in [0.5, 0.6) is 0 Å². The highest BCUT2D eigenvalue weighted by Gasteiger charge is 2.32. The van der Waals surface area contributed by atoms with Gasteiger partial charge < -0.3 is 5.32 Å². The predicted molar refractivity (Wildman–Crippen MR) is 72.9 cm³/mol. The Bertz CT molecular complexity index is 438. The van der Waals surface area contributed by atoms with Crippen LogP contribution in [0.1, 0.15) is 32.1 Å². The molecular weight excluding hydrogens is 307 g/mol. The number of halogens is 3. The van der Waals surface area contributed by atoms with Crippen molar-refractivity contribution in [1.82, 2.24) is 14.3 Å². The van der Waals surface area contributed by atoms with Gasteiger partial charge in [-0.05, 0) is 38.1 Å². The first-order chi connectivity index (χ1) is 9.76. The van der Waals surface area contributed by atoms with E-state index in [4.69, 9.17) is 0 Å². The van der Waals surface area contributed by atoms with E-state index in [0.717, 1.165) is 19.4 Å². The Morgan fingerprint density at radius 2 is 1.90 bits per heavy atom. The molecule has 0 aromatic rings. The second-order valence-electron chi connectivity index (χ2n) is 5.81. The second kappa shape index (κ2) is 6.80. The van der Waals surface area contributed by atoms with Crippen molar-refractivity contribution in [2.75, 3.05) is 26.2 Å². The van der Waals surface area contributed by atoms with Crippen molar-refractivity contribution in [3.63, 3.8) is 0 Å². The van der Waals surface area contributed by atoms with Crippen LogP contribution in [0.3, 0.4) is 0 Å². The highest BCUT2D eigenvalue weighted by molar-refractivity contribution is 7.87. The lowest BCUT2D eigenvalue weighted by molar-refractivity contribution is -0.132. The SMILES string of the molecule is O=S(=O)(NCCC(F)(F)F)N1CCCC(CNC2CC2)C1. The van der Waals surface area contributed by atoms with Gasteiger partial charge in [0, 0.05) is 25.7 Å². The summed E-state index contributed by atoms with van der Waals surface area (Å²) in [5.74, 6) is 0.235. The summed E-state index contributed by atoms with van der Waals surface area (Å²) in [5.41, 5.74) is 0. The standard InChI is InChI=1S/C12H22F3N3O2S/c13-12(14,15)5-6-17-21(19,20)18-7-1-2-10(9-18)8-16-11-3-4-11/h10-11,16-17H,1-9H2. The zero-order valence-electron chi connectivity index (χ0n) is 11.8. The molecule has 124 valence electrons. The normalized spacial score (nSPS) is 25.2. The third-order valence-corrected chi connectivity index (χ3v) is 5.37. The van der Waals surface area contributed by atoms with E-state index in [0.29, 0.717) is 19.1 Å². The van der Waals surface area contributed by atoms with Gasteiger partial charge in [0.1, 0.15) is 0 Å². The minimum absolute atomic E-state index is 0.235. The lowest BCUT2D eigenvalue weighted by atomic mass is 10.00. The van der Waals surface area contributed by atoms with Gasteiger partial charge in [0.2, 0.25) is 0 Å². The van der Waals surface area contributed by atoms with Crippen molar-refractivity contribution >= 4 is 10.2 Å². The summed E-state index contributed by atoms with van der Waals surface area (Å²) in [6.07, 6.45) is -1.44. The predicted octanol–water partition coefficient (Wildman–Crippen LogP) is 1.24. The summed E-state index contributed by atoms with van der Waals surface area (Å²) in [7, 11) is -3.81. The Labute approximate surface area is 123 Å². The van der Waals surface area contributed by atoms with Crippen molar-refractivity contribution in [2.24, 2.45) is 5.92 Å². The van der Waals surface area contributed by atoms with Crippen LogP contribution in [0.4, 0.5) is 13.2 Å². The van der Waals surface area contributed by atoms with Crippen molar-refractivity contribution in [1.29, 1.82) is 0 Å². The molecule has 2 N–H and O–H groups in total. The van der Waals surface area contributed by atoms with Gasteiger partial charge in [-0.25, -0.2) is 4.72 Å². The van der Waals surface area contributed by atoms with E-state index >= 15 is 0 Å². The van der Waals surface area contributed by atoms with Crippen LogP contribution >= 0.6 is 0 Å². The summed E-state index contributed by atoms with van der Waals surface area (Å²) in [5, 5.41) is 3.37. The highest BCUT2D eigenvalue weighted by Crippen LogP contribution is 2.22. The fraction of sp³-hybridized carbons (Fsp3) is 1.00. The van der Waals surface area contributed by atoms with Crippen LogP contribution in [0.2, 0.25) is 0 Å². The molecule has 21 heavy (non-hydrogen) atoms. The van der Waals surface area contributed by atoms with Gasteiger partial charge in [0.15, 0.2) is 0 Å². The molecule has 1 atom stereocenters. The zero-order valence-corrected chi connectivity index (χ0v) is 12.6. The maximum absolute atomic E-state index is 12.1. The van der Waals surface area contributed by atoms with Gasteiger partial charge >= 0.3 is 6.18 Å². The third kappa shape index (κ3) is 6.09. The first-order valence-corrected chi connectivity index (χ1v) is 8.75. The Morgan fingerprint density at radius 1 is 1.19 bits per heavy atom. The lowest BCUT2D eigenvalue weighted by Crippen LogP contribution is -2.48. The molecule has 1 aliphatic heterocycles. The monoisotopic (exact) mass is 329 g/mol. The van der Waals surface area contributed by atoms with E-state index in [1.54, 1.807) is 0 Å². The Kier molecular flexibility index (Phi) is 5.50. The molecule has 2 rings (SSSR count). The molecule has 1 saturated heterocycles. The first-order valence-electron chi connectivity index (χ1n) is 7.31. The fourth-order valence-electron chi connectivity index (χ4n) is 2.45. The molecule has 1 aliphatic carbocycles. The molecule has 5 nitrogen and oxygen atoms in total. The van der Waals surface area contributed by atoms with Crippen molar-refractivity contribution < 1.29 is 21.6 Å². The summed E-state index contributed by atoms with van der Waals surface area (Å²) in [6, 6.07) is 0.571. The summed E-state index contributed by atoms with van der Waals surface area (Å²) >= 11 is 0. The van der Waals surface area contributed by atoms with Gasteiger partial charge in [0.25, 0.3) is 10.2 Å². The number of alkyl halides is 3. The van der Waals surface area contributed by atoms with Crippen molar-refractivity contribution in [3.8, 4) is 0 Å². The summed E-state index contributed by atoms with van der Waals surface area (Å²) in [6.45, 7) is 0.926. The van der Waals surface area contributed by atoms with Gasteiger partial charge in [-0.2, -0.15) is 25.9 Å². The van der Waals surface area contributed by atoms with Crippen LogP contribution in [0.15, 0.2) is 0 Å². The second-order valence-corrected chi connectivity index (χ2v) is 7.57. The molecule has 0 aromatic heterocycles. The smallest absolute Gasteiger partial charge is 0.314 e. The Hall–Kier alpha value is -0.380. The van der Waals surface area contributed by atoms with Crippen LogP contribution in [0.25, 0.3) is 0 Å². The quantitative estimate of drug-likeness (QED) is 0.739. The summed E-state index contributed by atoms with van der Waals surface area (Å²) in [4.78, 5) is 0. The summed E-state index contributed by atoms with van der Waals surface area (Å²) < 4.78 is 63.5. The van der Waals surface area contributed by atoms with Crippen LogP contribution in [-0.2, 0) is 10.2 Å². The van der Waals surface area contributed by atoms with Crippen LogP contribution in [-0.4, -0.2) is 51.1 Å². The van der Waals surface area contributed by atoms with Gasteiger partial charge in [-0.3, -0.25) is 0 Å². The number of hydrogen-bond donors (Lipinski definition) is 2. The maximum Gasteiger partial charge on any atom is 0.390 e. The number of rotatable bonds is 7. The van der Waals surface area contributed by atoms with Crippen molar-refractivity contribution in [3.05, 3.63) is 0 Å². The number of hydrogen-bond acceptors (Lipinski definition) is 3. The number of piperidine rings is 1. The topological polar surface area (TPSA) is 61.4 Å². The third-order valence-electron chi connectivity index (χ3n) is 3.79. The average molecular weight is 329 g/mol. The van der Waals surface area contributed by atoms with Gasteiger partial charge in [0.05, 0.1) is 6.42 Å². The molecule has 1 unspecified atom stereocenters. The molecule has 0 amide bonds. The van der Waals surface area contributed by atoms with Crippen LogP contribution in [0, 0.1) is 5.92 Å². The minimum Gasteiger partial charge on any atom is -0.314 e. The average Bonchev–Trinajstić information content (AvgIpc) is 3.19. The van der Waals surface area contributed by atoms with E-state index in [1.807, 2.05) is 4.72 Å². The van der Waals surface area contributed by atoms with Crippen LogP contribution < -0.4 is 10.0 Å². The molecule has 2 aliphatic rings. The molecule has 2 fully saturated rings. The molecule has 0 aromatic carbocycles. The molecule has 9 heteroatoms. The molecule has 1 heterocycles. The lowest BCUT2D eigenvalue weighted by Gasteiger charge is -2.32. The fourth-order valence-corrected chi connectivity index (χ4v) is 3.76. The van der Waals surface area contributed by atoms with E-state index in [-0.39, 0.29) is 5.92 Å². The number of nitrogens with one attached hydrogen (secondary N) is 2. The number of nitrogens with zero attached hydrogens (tertiary/aromatic N) is 1. The van der Waals surface area contributed by atoms with E-state index in [2.05, 4.69) is 5.32 Å². The largest absolute Gasteiger partial charge is 0.390 e. The van der Waals surface area contributed by atoms with E-state index in [9.17, 15) is 21.6 Å². The maximum atomic E-state index is 12.1. The van der Waals surface area contributed by atoms with E-state index < -0.39 is 29.4 Å². The molecule has 0 bridgehead atoms. The van der Waals surface area contributed by atoms with Gasteiger partial charge in [-0.15, -0.1) is 0 Å². The molecular formula is C12H22F3N3O2S. The molecule has 0 spiro atoms. The highest BCUT2D eigenvalue weighted by atomic mass is 32.2.